The number of anilines is 2. The number of fused-ring (bicyclic) bond motifs is 1. The summed E-state index contributed by atoms with van der Waals surface area (Å²) in [5.74, 6) is 0. The summed E-state index contributed by atoms with van der Waals surface area (Å²) in [5, 5.41) is 0. The minimum Gasteiger partial charge on any atom is -0.399 e. The van der Waals surface area contributed by atoms with E-state index in [9.17, 15) is 8.42 Å². The highest BCUT2D eigenvalue weighted by atomic mass is 32.2. The van der Waals surface area contributed by atoms with Crippen molar-refractivity contribution >= 4 is 21.4 Å². The molecule has 1 heterocycles. The van der Waals surface area contributed by atoms with Gasteiger partial charge >= 0.3 is 0 Å². The summed E-state index contributed by atoms with van der Waals surface area (Å²) in [6.45, 7) is 4.14. The van der Waals surface area contributed by atoms with E-state index in [0.717, 1.165) is 18.7 Å². The van der Waals surface area contributed by atoms with Crippen molar-refractivity contribution in [1.29, 1.82) is 0 Å². The summed E-state index contributed by atoms with van der Waals surface area (Å²) in [6.07, 6.45) is 0.980. The lowest BCUT2D eigenvalue weighted by Gasteiger charge is -2.23. The van der Waals surface area contributed by atoms with Gasteiger partial charge in [-0.25, -0.2) is 8.42 Å². The van der Waals surface area contributed by atoms with Gasteiger partial charge in [-0.05, 0) is 24.6 Å². The molecule has 0 atom stereocenters. The summed E-state index contributed by atoms with van der Waals surface area (Å²) >= 11 is 0. The Balaban J connectivity index is 2.60. The molecule has 0 aromatic heterocycles. The van der Waals surface area contributed by atoms with E-state index in [1.165, 1.54) is 4.31 Å². The summed E-state index contributed by atoms with van der Waals surface area (Å²) in [5.41, 5.74) is 6.95. The largest absolute Gasteiger partial charge is 0.399 e. The third-order valence-corrected chi connectivity index (χ3v) is 5.08. The lowest BCUT2D eigenvalue weighted by atomic mass is 10.2. The molecule has 0 saturated heterocycles. The molecule has 0 fully saturated rings. The highest BCUT2D eigenvalue weighted by molar-refractivity contribution is 7.89. The molecule has 0 saturated carbocycles. The van der Waals surface area contributed by atoms with Crippen molar-refractivity contribution < 1.29 is 8.42 Å². The molecule has 1 aliphatic rings. The number of benzene rings is 1. The first-order chi connectivity index (χ1) is 8.46. The van der Waals surface area contributed by atoms with Crippen LogP contribution in [0.2, 0.25) is 0 Å². The van der Waals surface area contributed by atoms with Crippen molar-refractivity contribution in [2.24, 2.45) is 0 Å². The highest BCUT2D eigenvalue weighted by Gasteiger charge is 2.29. The Labute approximate surface area is 108 Å². The monoisotopic (exact) mass is 269 g/mol. The van der Waals surface area contributed by atoms with Crippen LogP contribution in [0.4, 0.5) is 11.4 Å². The number of nitrogens with zero attached hydrogens (tertiary/aromatic N) is 2. The topological polar surface area (TPSA) is 66.6 Å². The molecule has 6 heteroatoms. The quantitative estimate of drug-likeness (QED) is 0.817. The van der Waals surface area contributed by atoms with Crippen LogP contribution >= 0.6 is 0 Å². The Morgan fingerprint density at radius 1 is 1.33 bits per heavy atom. The molecule has 0 unspecified atom stereocenters. The molecule has 5 nitrogen and oxygen atoms in total. The Bertz CT molecular complexity index is 542. The smallest absolute Gasteiger partial charge is 0.245 e. The van der Waals surface area contributed by atoms with Gasteiger partial charge in [0, 0.05) is 32.4 Å². The molecule has 0 aliphatic carbocycles. The molecule has 1 aromatic rings. The van der Waals surface area contributed by atoms with Gasteiger partial charge in [-0.15, -0.1) is 0 Å². The Kier molecular flexibility index (Phi) is 3.49. The summed E-state index contributed by atoms with van der Waals surface area (Å²) in [6, 6.07) is 5.11. The van der Waals surface area contributed by atoms with Gasteiger partial charge in [0.2, 0.25) is 10.0 Å². The van der Waals surface area contributed by atoms with E-state index >= 15 is 0 Å². The Morgan fingerprint density at radius 3 is 2.72 bits per heavy atom. The predicted octanol–water partition coefficient (Wildman–Crippen LogP) is 1.12. The molecule has 0 amide bonds. The normalized spacial score (nSPS) is 19.3. The van der Waals surface area contributed by atoms with Gasteiger partial charge in [0.1, 0.15) is 4.90 Å². The summed E-state index contributed by atoms with van der Waals surface area (Å²) in [4.78, 5) is 2.42. The van der Waals surface area contributed by atoms with Gasteiger partial charge in [0.25, 0.3) is 0 Å². The second-order valence-electron chi connectivity index (χ2n) is 4.54. The van der Waals surface area contributed by atoms with Crippen LogP contribution in [0.1, 0.15) is 13.3 Å². The van der Waals surface area contributed by atoms with Gasteiger partial charge in [0.15, 0.2) is 0 Å². The average molecular weight is 269 g/mol. The zero-order valence-corrected chi connectivity index (χ0v) is 11.6. The zero-order valence-electron chi connectivity index (χ0n) is 10.8. The molecule has 0 radical (unpaired) electrons. The van der Waals surface area contributed by atoms with E-state index in [4.69, 9.17) is 5.73 Å². The summed E-state index contributed by atoms with van der Waals surface area (Å²) in [7, 11) is -1.81. The Morgan fingerprint density at radius 2 is 2.06 bits per heavy atom. The lowest BCUT2D eigenvalue weighted by Crippen LogP contribution is -2.32. The van der Waals surface area contributed by atoms with Crippen molar-refractivity contribution in [2.45, 2.75) is 18.2 Å². The van der Waals surface area contributed by atoms with Gasteiger partial charge in [0.05, 0.1) is 5.69 Å². The number of nitrogen functional groups attached to an aromatic ring is 1. The average Bonchev–Trinajstić information content (AvgIpc) is 2.41. The second kappa shape index (κ2) is 4.78. The first kappa shape index (κ1) is 13.2. The Hall–Kier alpha value is -1.27. The van der Waals surface area contributed by atoms with Crippen LogP contribution in [-0.4, -0.2) is 39.4 Å². The van der Waals surface area contributed by atoms with E-state index in [1.807, 2.05) is 0 Å². The molecule has 0 bridgehead atoms. The fourth-order valence-electron chi connectivity index (χ4n) is 2.17. The fourth-order valence-corrected chi connectivity index (χ4v) is 3.58. The third kappa shape index (κ3) is 2.18. The maximum absolute atomic E-state index is 12.4. The summed E-state index contributed by atoms with van der Waals surface area (Å²) < 4.78 is 26.1. The van der Waals surface area contributed by atoms with Crippen molar-refractivity contribution in [3.63, 3.8) is 0 Å². The molecular weight excluding hydrogens is 250 g/mol. The molecular formula is C12H19N3O2S. The SMILES string of the molecule is CCCN1CCN(C)S(=O)(=O)c2cc(N)ccc21. The molecule has 0 spiro atoms. The highest BCUT2D eigenvalue weighted by Crippen LogP contribution is 2.31. The number of likely N-dealkylation sites (N-methyl/N-ethyl adjacent to an activating group) is 1. The second-order valence-corrected chi connectivity index (χ2v) is 6.55. The molecule has 1 aliphatic heterocycles. The van der Waals surface area contributed by atoms with E-state index in [0.29, 0.717) is 23.7 Å². The number of rotatable bonds is 2. The van der Waals surface area contributed by atoms with Crippen LogP contribution in [-0.2, 0) is 10.0 Å². The van der Waals surface area contributed by atoms with E-state index in [1.54, 1.807) is 25.2 Å². The maximum atomic E-state index is 12.4. The predicted molar refractivity (Wildman–Crippen MR) is 73.2 cm³/mol. The first-order valence-electron chi connectivity index (χ1n) is 6.07. The van der Waals surface area contributed by atoms with Crippen molar-refractivity contribution in [3.05, 3.63) is 18.2 Å². The lowest BCUT2D eigenvalue weighted by molar-refractivity contribution is 0.478. The van der Waals surface area contributed by atoms with Crippen molar-refractivity contribution in [3.8, 4) is 0 Å². The molecule has 2 rings (SSSR count). The molecule has 18 heavy (non-hydrogen) atoms. The minimum atomic E-state index is -3.42. The maximum Gasteiger partial charge on any atom is 0.245 e. The van der Waals surface area contributed by atoms with E-state index in [2.05, 4.69) is 11.8 Å². The molecule has 100 valence electrons. The standard InChI is InChI=1S/C12H19N3O2S/c1-3-6-15-8-7-14(2)18(16,17)12-9-10(13)4-5-11(12)15/h4-5,9H,3,6-8,13H2,1-2H3. The van der Waals surface area contributed by atoms with Gasteiger partial charge in [-0.1, -0.05) is 6.92 Å². The number of hydrogen-bond donors (Lipinski definition) is 1. The molecule has 2 N–H and O–H groups in total. The number of nitrogens with two attached hydrogens (primary N) is 1. The van der Waals surface area contributed by atoms with E-state index in [-0.39, 0.29) is 0 Å². The number of hydrogen-bond acceptors (Lipinski definition) is 4. The molecule has 1 aromatic carbocycles. The van der Waals surface area contributed by atoms with Crippen LogP contribution in [0.5, 0.6) is 0 Å². The van der Waals surface area contributed by atoms with Gasteiger partial charge < -0.3 is 10.6 Å². The number of sulfonamides is 1. The third-order valence-electron chi connectivity index (χ3n) is 3.19. The zero-order chi connectivity index (χ0) is 13.3. The van der Waals surface area contributed by atoms with Gasteiger partial charge in [-0.3, -0.25) is 0 Å². The van der Waals surface area contributed by atoms with Crippen molar-refractivity contribution in [2.75, 3.05) is 37.3 Å². The minimum absolute atomic E-state index is 0.316. The van der Waals surface area contributed by atoms with Crippen LogP contribution in [0, 0.1) is 0 Å². The van der Waals surface area contributed by atoms with Gasteiger partial charge in [-0.2, -0.15) is 4.31 Å². The van der Waals surface area contributed by atoms with Crippen LogP contribution in [0.15, 0.2) is 23.1 Å². The fraction of sp³-hybridized carbons (Fsp3) is 0.500. The first-order valence-corrected chi connectivity index (χ1v) is 7.51. The van der Waals surface area contributed by atoms with E-state index < -0.39 is 10.0 Å². The van der Waals surface area contributed by atoms with Crippen molar-refractivity contribution in [1.82, 2.24) is 4.31 Å². The van der Waals surface area contributed by atoms with Crippen LogP contribution in [0.3, 0.4) is 0 Å². The van der Waals surface area contributed by atoms with Crippen LogP contribution in [0.25, 0.3) is 0 Å². The van der Waals surface area contributed by atoms with Crippen LogP contribution < -0.4 is 10.6 Å².